The summed E-state index contributed by atoms with van der Waals surface area (Å²) in [6.45, 7) is 9.74. The van der Waals surface area contributed by atoms with Gasteiger partial charge in [-0.25, -0.2) is 0 Å². The van der Waals surface area contributed by atoms with Crippen LogP contribution in [0.5, 0.6) is 11.5 Å². The van der Waals surface area contributed by atoms with E-state index in [1.54, 1.807) is 0 Å². The normalized spacial score (nSPS) is 18.6. The SMILES string of the molecule is CCOc1cc(CN2CCCC(C(=O)O)C2)ccc1OCC(C)C. The average Bonchev–Trinajstić information content (AvgIpc) is 2.54. The Labute approximate surface area is 144 Å². The first-order chi connectivity index (χ1) is 11.5. The van der Waals surface area contributed by atoms with E-state index >= 15 is 0 Å². The van der Waals surface area contributed by atoms with E-state index in [9.17, 15) is 9.90 Å². The second kappa shape index (κ2) is 8.92. The fourth-order valence-corrected chi connectivity index (χ4v) is 2.95. The molecule has 1 fully saturated rings. The van der Waals surface area contributed by atoms with Gasteiger partial charge >= 0.3 is 5.97 Å². The molecule has 1 aliphatic heterocycles. The monoisotopic (exact) mass is 335 g/mol. The molecule has 1 aliphatic rings. The molecule has 0 radical (unpaired) electrons. The Morgan fingerprint density at radius 2 is 2.12 bits per heavy atom. The molecule has 24 heavy (non-hydrogen) atoms. The molecule has 1 saturated heterocycles. The number of nitrogens with zero attached hydrogens (tertiary/aromatic N) is 1. The van der Waals surface area contributed by atoms with Crippen LogP contribution in [-0.2, 0) is 11.3 Å². The van der Waals surface area contributed by atoms with E-state index in [0.717, 1.165) is 43.0 Å². The van der Waals surface area contributed by atoms with Crippen LogP contribution in [0.1, 0.15) is 39.2 Å². The lowest BCUT2D eigenvalue weighted by molar-refractivity contribution is -0.143. The fraction of sp³-hybridized carbons (Fsp3) is 0.632. The first-order valence-corrected chi connectivity index (χ1v) is 8.83. The summed E-state index contributed by atoms with van der Waals surface area (Å²) < 4.78 is 11.5. The van der Waals surface area contributed by atoms with Crippen LogP contribution < -0.4 is 9.47 Å². The molecule has 1 N–H and O–H groups in total. The highest BCUT2D eigenvalue weighted by molar-refractivity contribution is 5.70. The van der Waals surface area contributed by atoms with Crippen LogP contribution in [0.15, 0.2) is 18.2 Å². The van der Waals surface area contributed by atoms with E-state index in [0.29, 0.717) is 25.7 Å². The number of rotatable bonds is 8. The van der Waals surface area contributed by atoms with E-state index in [-0.39, 0.29) is 5.92 Å². The minimum atomic E-state index is -0.688. The Morgan fingerprint density at radius 1 is 1.33 bits per heavy atom. The maximum Gasteiger partial charge on any atom is 0.307 e. The fourth-order valence-electron chi connectivity index (χ4n) is 2.95. The molecule has 5 heteroatoms. The zero-order valence-electron chi connectivity index (χ0n) is 15.0. The van der Waals surface area contributed by atoms with Gasteiger partial charge in [-0.3, -0.25) is 9.69 Å². The third-order valence-corrected chi connectivity index (χ3v) is 4.14. The van der Waals surface area contributed by atoms with Gasteiger partial charge in [0.05, 0.1) is 19.1 Å². The molecule has 2 rings (SSSR count). The van der Waals surface area contributed by atoms with Gasteiger partial charge in [-0.2, -0.15) is 0 Å². The number of ether oxygens (including phenoxy) is 2. The summed E-state index contributed by atoms with van der Waals surface area (Å²) in [5.74, 6) is 1.06. The van der Waals surface area contributed by atoms with Crippen LogP contribution in [0.3, 0.4) is 0 Å². The number of piperidine rings is 1. The Bertz CT molecular complexity index is 544. The first kappa shape index (κ1) is 18.6. The predicted molar refractivity (Wildman–Crippen MR) is 93.6 cm³/mol. The van der Waals surface area contributed by atoms with E-state index < -0.39 is 5.97 Å². The van der Waals surface area contributed by atoms with E-state index in [4.69, 9.17) is 9.47 Å². The summed E-state index contributed by atoms with van der Waals surface area (Å²) in [6.07, 6.45) is 1.71. The van der Waals surface area contributed by atoms with Crippen molar-refractivity contribution in [1.29, 1.82) is 0 Å². The van der Waals surface area contributed by atoms with Crippen molar-refractivity contribution in [2.45, 2.75) is 40.2 Å². The van der Waals surface area contributed by atoms with Crippen LogP contribution in [-0.4, -0.2) is 42.3 Å². The number of aliphatic carboxylic acids is 1. The van der Waals surface area contributed by atoms with E-state index in [1.165, 1.54) is 0 Å². The van der Waals surface area contributed by atoms with Crippen LogP contribution >= 0.6 is 0 Å². The standard InChI is InChI=1S/C19H29NO4/c1-4-23-18-10-15(7-8-17(18)24-13-14(2)3)11-20-9-5-6-16(12-20)19(21)22/h7-8,10,14,16H,4-6,9,11-13H2,1-3H3,(H,21,22). The smallest absolute Gasteiger partial charge is 0.307 e. The van der Waals surface area contributed by atoms with E-state index in [2.05, 4.69) is 18.7 Å². The summed E-state index contributed by atoms with van der Waals surface area (Å²) in [7, 11) is 0. The number of hydrogen-bond donors (Lipinski definition) is 1. The van der Waals surface area contributed by atoms with Crippen LogP contribution in [0, 0.1) is 11.8 Å². The minimum Gasteiger partial charge on any atom is -0.490 e. The molecule has 5 nitrogen and oxygen atoms in total. The Hall–Kier alpha value is -1.75. The molecular formula is C19H29NO4. The molecule has 1 aromatic carbocycles. The minimum absolute atomic E-state index is 0.251. The van der Waals surface area contributed by atoms with Crippen molar-refractivity contribution in [3.8, 4) is 11.5 Å². The lowest BCUT2D eigenvalue weighted by Crippen LogP contribution is -2.38. The second-order valence-corrected chi connectivity index (χ2v) is 6.83. The molecule has 0 saturated carbocycles. The first-order valence-electron chi connectivity index (χ1n) is 8.83. The summed E-state index contributed by atoms with van der Waals surface area (Å²) in [5.41, 5.74) is 1.13. The molecule has 0 spiro atoms. The van der Waals surface area contributed by atoms with Crippen molar-refractivity contribution in [3.05, 3.63) is 23.8 Å². The predicted octanol–water partition coefficient (Wildman–Crippen LogP) is 3.42. The zero-order chi connectivity index (χ0) is 17.5. The van der Waals surface area contributed by atoms with Crippen molar-refractivity contribution in [1.82, 2.24) is 4.90 Å². The number of carbonyl (C=O) groups is 1. The van der Waals surface area contributed by atoms with Crippen LogP contribution in [0.4, 0.5) is 0 Å². The highest BCUT2D eigenvalue weighted by Gasteiger charge is 2.25. The van der Waals surface area contributed by atoms with E-state index in [1.807, 2.05) is 25.1 Å². The largest absolute Gasteiger partial charge is 0.490 e. The van der Waals surface area contributed by atoms with Crippen LogP contribution in [0.2, 0.25) is 0 Å². The molecule has 0 aliphatic carbocycles. The number of likely N-dealkylation sites (tertiary alicyclic amines) is 1. The summed E-state index contributed by atoms with van der Waals surface area (Å²) in [4.78, 5) is 13.4. The average molecular weight is 335 g/mol. The quantitative estimate of drug-likeness (QED) is 0.789. The molecule has 0 aromatic heterocycles. The van der Waals surface area contributed by atoms with Gasteiger partial charge in [-0.15, -0.1) is 0 Å². The molecule has 1 unspecified atom stereocenters. The van der Waals surface area contributed by atoms with Crippen molar-refractivity contribution in [2.24, 2.45) is 11.8 Å². The number of benzene rings is 1. The van der Waals surface area contributed by atoms with Crippen LogP contribution in [0.25, 0.3) is 0 Å². The second-order valence-electron chi connectivity index (χ2n) is 6.83. The number of carboxylic acids is 1. The van der Waals surface area contributed by atoms with Gasteiger partial charge in [0, 0.05) is 13.1 Å². The summed E-state index contributed by atoms with van der Waals surface area (Å²) in [6, 6.07) is 6.02. The molecule has 1 heterocycles. The van der Waals surface area contributed by atoms with Gasteiger partial charge in [0.1, 0.15) is 0 Å². The molecule has 0 bridgehead atoms. The molecule has 1 aromatic rings. The van der Waals surface area contributed by atoms with Crippen molar-refractivity contribution < 1.29 is 19.4 Å². The Balaban J connectivity index is 2.04. The zero-order valence-corrected chi connectivity index (χ0v) is 15.0. The highest BCUT2D eigenvalue weighted by Crippen LogP contribution is 2.30. The van der Waals surface area contributed by atoms with Gasteiger partial charge in [-0.1, -0.05) is 19.9 Å². The lowest BCUT2D eigenvalue weighted by Gasteiger charge is -2.30. The number of carboxylic acid groups (broad SMARTS) is 1. The van der Waals surface area contributed by atoms with Crippen molar-refractivity contribution in [3.63, 3.8) is 0 Å². The molecular weight excluding hydrogens is 306 g/mol. The maximum absolute atomic E-state index is 11.2. The van der Waals surface area contributed by atoms with Gasteiger partial charge in [0.15, 0.2) is 11.5 Å². The Kier molecular flexibility index (Phi) is 6.91. The summed E-state index contributed by atoms with van der Waals surface area (Å²) in [5, 5.41) is 9.21. The molecule has 134 valence electrons. The lowest BCUT2D eigenvalue weighted by atomic mass is 9.98. The molecule has 1 atom stereocenters. The maximum atomic E-state index is 11.2. The van der Waals surface area contributed by atoms with Gasteiger partial charge in [-0.05, 0) is 49.9 Å². The van der Waals surface area contributed by atoms with Gasteiger partial charge in [0.25, 0.3) is 0 Å². The number of hydrogen-bond acceptors (Lipinski definition) is 4. The highest BCUT2D eigenvalue weighted by atomic mass is 16.5. The summed E-state index contributed by atoms with van der Waals surface area (Å²) >= 11 is 0. The van der Waals surface area contributed by atoms with Gasteiger partial charge in [0.2, 0.25) is 0 Å². The van der Waals surface area contributed by atoms with Crippen molar-refractivity contribution in [2.75, 3.05) is 26.3 Å². The molecule has 0 amide bonds. The third kappa shape index (κ3) is 5.41. The van der Waals surface area contributed by atoms with Gasteiger partial charge < -0.3 is 14.6 Å². The third-order valence-electron chi connectivity index (χ3n) is 4.14. The topological polar surface area (TPSA) is 59.0 Å². The Morgan fingerprint density at radius 3 is 2.79 bits per heavy atom. The van der Waals surface area contributed by atoms with Crippen molar-refractivity contribution >= 4 is 5.97 Å².